The molecule has 0 spiro atoms. The van der Waals surface area contributed by atoms with Crippen LogP contribution in [0.15, 0.2) is 42.5 Å². The Morgan fingerprint density at radius 2 is 1.81 bits per heavy atom. The van der Waals surface area contributed by atoms with E-state index in [0.717, 1.165) is 22.3 Å². The first-order valence-electron chi connectivity index (χ1n) is 6.79. The van der Waals surface area contributed by atoms with Crippen molar-refractivity contribution in [3.63, 3.8) is 0 Å². The summed E-state index contributed by atoms with van der Waals surface area (Å²) in [6.07, 6.45) is -0.655. The number of fused-ring (bicyclic) bond motifs is 3. The maximum Gasteiger partial charge on any atom is 0.244 e. The fourth-order valence-electron chi connectivity index (χ4n) is 2.54. The molecule has 2 aromatic rings. The summed E-state index contributed by atoms with van der Waals surface area (Å²) in [4.78, 5) is 11.0. The van der Waals surface area contributed by atoms with Crippen LogP contribution in [0, 0.1) is 0 Å². The summed E-state index contributed by atoms with van der Waals surface area (Å²) in [5.74, 6) is -0.269. The molecule has 1 aliphatic rings. The Labute approximate surface area is 128 Å². The average Bonchev–Trinajstić information content (AvgIpc) is 2.72. The van der Waals surface area contributed by atoms with Gasteiger partial charge in [0, 0.05) is 5.69 Å². The molecule has 0 bridgehead atoms. The van der Waals surface area contributed by atoms with Crippen LogP contribution in [0.4, 0.5) is 5.69 Å². The minimum atomic E-state index is -0.972. The molecule has 108 valence electrons. The third-order valence-corrected chi connectivity index (χ3v) is 3.86. The number of anilines is 1. The first-order chi connectivity index (χ1) is 9.88. The van der Waals surface area contributed by atoms with E-state index in [1.54, 1.807) is 19.9 Å². The Bertz CT molecular complexity index is 719. The molecule has 1 unspecified atom stereocenters. The van der Waals surface area contributed by atoms with Crippen molar-refractivity contribution >= 4 is 23.2 Å². The Morgan fingerprint density at radius 1 is 1.14 bits per heavy atom. The first kappa shape index (κ1) is 14.1. The van der Waals surface area contributed by atoms with E-state index in [1.165, 1.54) is 0 Å². The zero-order chi connectivity index (χ0) is 15.2. The number of carbonyl (C=O) groups excluding carboxylic acids is 1. The molecule has 0 radical (unpaired) electrons. The van der Waals surface area contributed by atoms with E-state index in [9.17, 15) is 9.90 Å². The van der Waals surface area contributed by atoms with E-state index < -0.39 is 11.0 Å². The van der Waals surface area contributed by atoms with Crippen molar-refractivity contribution in [2.45, 2.75) is 24.8 Å². The van der Waals surface area contributed by atoms with Gasteiger partial charge in [0.15, 0.2) is 0 Å². The predicted octanol–water partition coefficient (Wildman–Crippen LogP) is 3.70. The van der Waals surface area contributed by atoms with Gasteiger partial charge in [-0.25, -0.2) is 0 Å². The van der Waals surface area contributed by atoms with Crippen LogP contribution in [0.5, 0.6) is 0 Å². The minimum absolute atomic E-state index is 0.269. The van der Waals surface area contributed by atoms with Crippen molar-refractivity contribution in [2.24, 2.45) is 0 Å². The Hall–Kier alpha value is -1.84. The molecule has 1 aliphatic carbocycles. The van der Waals surface area contributed by atoms with E-state index >= 15 is 0 Å². The molecule has 0 fully saturated rings. The van der Waals surface area contributed by atoms with Gasteiger partial charge in [-0.2, -0.15) is 0 Å². The lowest BCUT2D eigenvalue weighted by Gasteiger charge is -2.16. The van der Waals surface area contributed by atoms with Crippen molar-refractivity contribution in [1.29, 1.82) is 0 Å². The summed E-state index contributed by atoms with van der Waals surface area (Å²) in [6, 6.07) is 13.3. The molecule has 0 heterocycles. The van der Waals surface area contributed by atoms with E-state index in [4.69, 9.17) is 11.6 Å². The lowest BCUT2D eigenvalue weighted by molar-refractivity contribution is -0.117. The molecule has 1 amide bonds. The first-order valence-corrected chi connectivity index (χ1v) is 7.17. The monoisotopic (exact) mass is 301 g/mol. The van der Waals surface area contributed by atoms with Gasteiger partial charge in [-0.05, 0) is 48.2 Å². The van der Waals surface area contributed by atoms with Crippen LogP contribution < -0.4 is 5.32 Å². The van der Waals surface area contributed by atoms with Gasteiger partial charge in [0.25, 0.3) is 0 Å². The Morgan fingerprint density at radius 3 is 2.52 bits per heavy atom. The van der Waals surface area contributed by atoms with Gasteiger partial charge in [-0.3, -0.25) is 4.79 Å². The topological polar surface area (TPSA) is 49.3 Å². The summed E-state index contributed by atoms with van der Waals surface area (Å²) >= 11 is 5.99. The number of hydrogen-bond donors (Lipinski definition) is 2. The number of rotatable bonds is 2. The quantitative estimate of drug-likeness (QED) is 0.831. The fourth-order valence-corrected chi connectivity index (χ4v) is 2.59. The zero-order valence-electron chi connectivity index (χ0n) is 11.9. The van der Waals surface area contributed by atoms with E-state index in [-0.39, 0.29) is 5.91 Å². The molecule has 2 aromatic carbocycles. The van der Waals surface area contributed by atoms with E-state index in [1.807, 2.05) is 36.4 Å². The highest BCUT2D eigenvalue weighted by Gasteiger charge is 2.28. The van der Waals surface area contributed by atoms with Crippen LogP contribution in [0.25, 0.3) is 11.1 Å². The molecule has 3 nitrogen and oxygen atoms in total. The molecule has 0 saturated heterocycles. The van der Waals surface area contributed by atoms with Gasteiger partial charge < -0.3 is 10.4 Å². The van der Waals surface area contributed by atoms with E-state index in [0.29, 0.717) is 5.69 Å². The third-order valence-electron chi connectivity index (χ3n) is 3.69. The highest BCUT2D eigenvalue weighted by molar-refractivity contribution is 6.36. The SMILES string of the molecule is CC(C)(Cl)C(=O)Nc1ccc2c(c1)C(O)c1ccccc1-2. The summed E-state index contributed by atoms with van der Waals surface area (Å²) in [5, 5.41) is 13.2. The summed E-state index contributed by atoms with van der Waals surface area (Å²) < 4.78 is 0. The second-order valence-electron chi connectivity index (χ2n) is 5.72. The van der Waals surface area contributed by atoms with Crippen molar-refractivity contribution in [3.8, 4) is 11.1 Å². The van der Waals surface area contributed by atoms with Crippen molar-refractivity contribution in [2.75, 3.05) is 5.32 Å². The fraction of sp³-hybridized carbons (Fsp3) is 0.235. The smallest absolute Gasteiger partial charge is 0.244 e. The maximum absolute atomic E-state index is 11.9. The zero-order valence-corrected chi connectivity index (χ0v) is 12.6. The predicted molar refractivity (Wildman–Crippen MR) is 84.5 cm³/mol. The number of benzene rings is 2. The number of halogens is 1. The number of amides is 1. The van der Waals surface area contributed by atoms with Crippen LogP contribution in [0.3, 0.4) is 0 Å². The number of carbonyl (C=O) groups is 1. The minimum Gasteiger partial charge on any atom is -0.384 e. The summed E-state index contributed by atoms with van der Waals surface area (Å²) in [7, 11) is 0. The summed E-state index contributed by atoms with van der Waals surface area (Å²) in [6.45, 7) is 3.28. The van der Waals surface area contributed by atoms with Gasteiger partial charge in [-0.15, -0.1) is 11.6 Å². The molecule has 3 rings (SSSR count). The maximum atomic E-state index is 11.9. The van der Waals surface area contributed by atoms with Gasteiger partial charge in [0.2, 0.25) is 5.91 Å². The molecule has 1 atom stereocenters. The molecular weight excluding hydrogens is 286 g/mol. The van der Waals surface area contributed by atoms with Gasteiger partial charge in [-0.1, -0.05) is 30.3 Å². The highest BCUT2D eigenvalue weighted by Crippen LogP contribution is 2.44. The van der Waals surface area contributed by atoms with Crippen LogP contribution in [-0.2, 0) is 4.79 Å². The number of aliphatic hydroxyl groups is 1. The van der Waals surface area contributed by atoms with Crippen LogP contribution in [0.2, 0.25) is 0 Å². The van der Waals surface area contributed by atoms with Gasteiger partial charge in [0.1, 0.15) is 11.0 Å². The average molecular weight is 302 g/mol. The number of nitrogens with one attached hydrogen (secondary N) is 1. The molecule has 0 saturated carbocycles. The van der Waals surface area contributed by atoms with E-state index in [2.05, 4.69) is 5.32 Å². The van der Waals surface area contributed by atoms with Crippen LogP contribution in [0.1, 0.15) is 31.1 Å². The highest BCUT2D eigenvalue weighted by atomic mass is 35.5. The largest absolute Gasteiger partial charge is 0.384 e. The lowest BCUT2D eigenvalue weighted by atomic mass is 10.1. The second-order valence-corrected chi connectivity index (χ2v) is 6.66. The van der Waals surface area contributed by atoms with Crippen molar-refractivity contribution in [3.05, 3.63) is 53.6 Å². The molecule has 2 N–H and O–H groups in total. The van der Waals surface area contributed by atoms with Gasteiger partial charge >= 0.3 is 0 Å². The number of aliphatic hydroxyl groups excluding tert-OH is 1. The van der Waals surface area contributed by atoms with Crippen molar-refractivity contribution < 1.29 is 9.90 Å². The molecule has 0 aromatic heterocycles. The summed E-state index contributed by atoms with van der Waals surface area (Å²) in [5.41, 5.74) is 4.38. The van der Waals surface area contributed by atoms with Crippen molar-refractivity contribution in [1.82, 2.24) is 0 Å². The number of alkyl halides is 1. The lowest BCUT2D eigenvalue weighted by Crippen LogP contribution is -2.31. The molecule has 0 aliphatic heterocycles. The Kier molecular flexibility index (Phi) is 3.27. The third kappa shape index (κ3) is 2.43. The normalized spacial score (nSPS) is 16.3. The Balaban J connectivity index is 1.96. The van der Waals surface area contributed by atoms with Crippen LogP contribution >= 0.6 is 11.6 Å². The molecule has 4 heteroatoms. The second kappa shape index (κ2) is 4.86. The molecular formula is C17H16ClNO2. The standard InChI is InChI=1S/C17H16ClNO2/c1-17(2,18)16(21)19-10-7-8-12-11-5-3-4-6-13(11)15(20)14(12)9-10/h3-9,15,20H,1-2H3,(H,19,21). The molecule has 21 heavy (non-hydrogen) atoms. The van der Waals surface area contributed by atoms with Gasteiger partial charge in [0.05, 0.1) is 0 Å². The van der Waals surface area contributed by atoms with Crippen LogP contribution in [-0.4, -0.2) is 15.9 Å². The number of hydrogen-bond acceptors (Lipinski definition) is 2.